The minimum absolute atomic E-state index is 0.000160. The molecule has 5 heteroatoms. The smallest absolute Gasteiger partial charge is 0.337 e. The van der Waals surface area contributed by atoms with Crippen LogP contribution in [0.5, 0.6) is 0 Å². The van der Waals surface area contributed by atoms with Crippen LogP contribution in [0.4, 0.5) is 5.69 Å². The van der Waals surface area contributed by atoms with E-state index in [9.17, 15) is 9.59 Å². The maximum atomic E-state index is 12.8. The van der Waals surface area contributed by atoms with E-state index >= 15 is 0 Å². The Morgan fingerprint density at radius 3 is 2.00 bits per heavy atom. The number of esters is 1. The molecule has 1 aliphatic heterocycles. The zero-order chi connectivity index (χ0) is 20.3. The van der Waals surface area contributed by atoms with Crippen LogP contribution in [0.3, 0.4) is 0 Å². The van der Waals surface area contributed by atoms with Gasteiger partial charge in [0.25, 0.3) is 5.91 Å². The number of hydrogen-bond acceptors (Lipinski definition) is 4. The van der Waals surface area contributed by atoms with Gasteiger partial charge in [-0.3, -0.25) is 4.79 Å². The Balaban J connectivity index is 1.67. The lowest BCUT2D eigenvalue weighted by molar-refractivity contribution is 0.0599. The fourth-order valence-electron chi connectivity index (χ4n) is 3.58. The molecule has 0 saturated carbocycles. The van der Waals surface area contributed by atoms with Gasteiger partial charge in [-0.15, -0.1) is 0 Å². The number of carbonyl (C=O) groups excluding carboxylic acids is 2. The standard InChI is InChI=1S/C23H28N2O3/c1-23(2,3)19-7-5-6-8-20(19)24-13-15-25(16-14-24)21(26)17-9-11-18(12-10-17)22(27)28-4/h5-12H,13-16H2,1-4H3. The normalized spacial score (nSPS) is 14.7. The number of benzene rings is 2. The molecule has 1 aliphatic rings. The van der Waals surface area contributed by atoms with Crippen molar-refractivity contribution in [3.63, 3.8) is 0 Å². The number of para-hydroxylation sites is 1. The topological polar surface area (TPSA) is 49.9 Å². The Hall–Kier alpha value is -2.82. The van der Waals surface area contributed by atoms with Crippen LogP contribution in [-0.4, -0.2) is 50.1 Å². The van der Waals surface area contributed by atoms with Crippen LogP contribution >= 0.6 is 0 Å². The summed E-state index contributed by atoms with van der Waals surface area (Å²) in [5.74, 6) is -0.398. The van der Waals surface area contributed by atoms with E-state index in [1.807, 2.05) is 4.90 Å². The first-order valence-electron chi connectivity index (χ1n) is 9.63. The van der Waals surface area contributed by atoms with E-state index in [1.54, 1.807) is 24.3 Å². The molecule has 0 aromatic heterocycles. The van der Waals surface area contributed by atoms with Gasteiger partial charge in [0.05, 0.1) is 12.7 Å². The third kappa shape index (κ3) is 4.19. The predicted molar refractivity (Wildman–Crippen MR) is 111 cm³/mol. The summed E-state index contributed by atoms with van der Waals surface area (Å²) < 4.78 is 4.70. The second kappa shape index (κ2) is 8.05. The molecule has 148 valence electrons. The second-order valence-corrected chi connectivity index (χ2v) is 8.12. The van der Waals surface area contributed by atoms with Gasteiger partial charge >= 0.3 is 5.97 Å². The lowest BCUT2D eigenvalue weighted by Crippen LogP contribution is -2.49. The Labute approximate surface area is 166 Å². The summed E-state index contributed by atoms with van der Waals surface area (Å²) in [6.45, 7) is 9.64. The monoisotopic (exact) mass is 380 g/mol. The first kappa shape index (κ1) is 19.9. The minimum atomic E-state index is -0.398. The average Bonchev–Trinajstić information content (AvgIpc) is 2.72. The lowest BCUT2D eigenvalue weighted by Gasteiger charge is -2.38. The Morgan fingerprint density at radius 2 is 1.43 bits per heavy atom. The summed E-state index contributed by atoms with van der Waals surface area (Å²) >= 11 is 0. The molecule has 0 radical (unpaired) electrons. The van der Waals surface area contributed by atoms with E-state index in [0.717, 1.165) is 13.1 Å². The van der Waals surface area contributed by atoms with Crippen molar-refractivity contribution in [1.29, 1.82) is 0 Å². The predicted octanol–water partition coefficient (Wildman–Crippen LogP) is 3.73. The van der Waals surface area contributed by atoms with Gasteiger partial charge in [-0.1, -0.05) is 39.0 Å². The molecule has 5 nitrogen and oxygen atoms in total. The van der Waals surface area contributed by atoms with Crippen LogP contribution in [0.1, 0.15) is 47.1 Å². The second-order valence-electron chi connectivity index (χ2n) is 8.12. The van der Waals surface area contributed by atoms with Crippen LogP contribution < -0.4 is 4.90 Å². The number of nitrogens with zero attached hydrogens (tertiary/aromatic N) is 2. The molecule has 0 aliphatic carbocycles. The highest BCUT2D eigenvalue weighted by molar-refractivity contribution is 5.96. The zero-order valence-electron chi connectivity index (χ0n) is 17.1. The quantitative estimate of drug-likeness (QED) is 0.762. The average molecular weight is 380 g/mol. The van der Waals surface area contributed by atoms with Gasteiger partial charge in [-0.25, -0.2) is 4.79 Å². The molecule has 1 heterocycles. The number of piperazine rings is 1. The molecule has 28 heavy (non-hydrogen) atoms. The number of methoxy groups -OCH3 is 1. The van der Waals surface area contributed by atoms with Gasteiger partial charge in [-0.05, 0) is 41.3 Å². The fourth-order valence-corrected chi connectivity index (χ4v) is 3.58. The molecule has 0 spiro atoms. The number of hydrogen-bond donors (Lipinski definition) is 0. The molecule has 1 amide bonds. The van der Waals surface area contributed by atoms with Crippen molar-refractivity contribution in [2.45, 2.75) is 26.2 Å². The van der Waals surface area contributed by atoms with Crippen LogP contribution in [0.2, 0.25) is 0 Å². The molecule has 1 fully saturated rings. The number of rotatable bonds is 3. The van der Waals surface area contributed by atoms with Crippen LogP contribution in [0.25, 0.3) is 0 Å². The summed E-state index contributed by atoms with van der Waals surface area (Å²) in [5, 5.41) is 0. The zero-order valence-corrected chi connectivity index (χ0v) is 17.1. The van der Waals surface area contributed by atoms with Crippen LogP contribution in [0.15, 0.2) is 48.5 Å². The number of ether oxygens (including phenoxy) is 1. The largest absolute Gasteiger partial charge is 0.465 e. The summed E-state index contributed by atoms with van der Waals surface area (Å²) in [4.78, 5) is 28.6. The van der Waals surface area contributed by atoms with Crippen molar-refractivity contribution in [3.05, 3.63) is 65.2 Å². The first-order valence-corrected chi connectivity index (χ1v) is 9.63. The van der Waals surface area contributed by atoms with Crippen molar-refractivity contribution in [2.24, 2.45) is 0 Å². The molecule has 0 bridgehead atoms. The third-order valence-corrected chi connectivity index (χ3v) is 5.17. The summed E-state index contributed by atoms with van der Waals surface area (Å²) in [7, 11) is 1.35. The molecule has 0 N–H and O–H groups in total. The minimum Gasteiger partial charge on any atom is -0.465 e. The van der Waals surface area contributed by atoms with E-state index in [-0.39, 0.29) is 11.3 Å². The maximum Gasteiger partial charge on any atom is 0.337 e. The molecule has 0 atom stereocenters. The molecule has 2 aromatic rings. The van der Waals surface area contributed by atoms with E-state index in [4.69, 9.17) is 4.74 Å². The summed E-state index contributed by atoms with van der Waals surface area (Å²) in [6.07, 6.45) is 0. The third-order valence-electron chi connectivity index (χ3n) is 5.17. The van der Waals surface area contributed by atoms with Gasteiger partial charge in [0, 0.05) is 37.4 Å². The molecule has 1 saturated heterocycles. The molecule has 0 unspecified atom stereocenters. The Bertz CT molecular complexity index is 845. The highest BCUT2D eigenvalue weighted by Crippen LogP contribution is 2.32. The van der Waals surface area contributed by atoms with E-state index < -0.39 is 5.97 Å². The van der Waals surface area contributed by atoms with E-state index in [2.05, 4.69) is 49.9 Å². The SMILES string of the molecule is COC(=O)c1ccc(C(=O)N2CCN(c3ccccc3C(C)(C)C)CC2)cc1. The number of anilines is 1. The first-order chi connectivity index (χ1) is 13.3. The van der Waals surface area contributed by atoms with Gasteiger partial charge in [0.1, 0.15) is 0 Å². The van der Waals surface area contributed by atoms with Crippen molar-refractivity contribution in [2.75, 3.05) is 38.2 Å². The van der Waals surface area contributed by atoms with E-state index in [1.165, 1.54) is 18.4 Å². The summed E-state index contributed by atoms with van der Waals surface area (Å²) in [5.41, 5.74) is 3.70. The molecule has 3 rings (SSSR count). The molecular formula is C23H28N2O3. The molecule has 2 aromatic carbocycles. The van der Waals surface area contributed by atoms with Gasteiger partial charge in [0.2, 0.25) is 0 Å². The van der Waals surface area contributed by atoms with Crippen molar-refractivity contribution in [1.82, 2.24) is 4.90 Å². The maximum absolute atomic E-state index is 12.8. The van der Waals surface area contributed by atoms with Crippen LogP contribution in [0, 0.1) is 0 Å². The Morgan fingerprint density at radius 1 is 0.857 bits per heavy atom. The van der Waals surface area contributed by atoms with E-state index in [0.29, 0.717) is 24.2 Å². The van der Waals surface area contributed by atoms with Gasteiger partial charge in [-0.2, -0.15) is 0 Å². The lowest BCUT2D eigenvalue weighted by atomic mass is 9.85. The highest BCUT2D eigenvalue weighted by atomic mass is 16.5. The Kier molecular flexibility index (Phi) is 5.73. The highest BCUT2D eigenvalue weighted by Gasteiger charge is 2.26. The number of carbonyl (C=O) groups is 2. The van der Waals surface area contributed by atoms with Crippen molar-refractivity contribution in [3.8, 4) is 0 Å². The van der Waals surface area contributed by atoms with Crippen molar-refractivity contribution >= 4 is 17.6 Å². The fraction of sp³-hybridized carbons (Fsp3) is 0.391. The van der Waals surface area contributed by atoms with Crippen LogP contribution in [-0.2, 0) is 10.2 Å². The van der Waals surface area contributed by atoms with Crippen molar-refractivity contribution < 1.29 is 14.3 Å². The van der Waals surface area contributed by atoms with Gasteiger partial charge in [0.15, 0.2) is 0 Å². The number of amides is 1. The van der Waals surface area contributed by atoms with Gasteiger partial charge < -0.3 is 14.5 Å². The summed E-state index contributed by atoms with van der Waals surface area (Å²) in [6, 6.07) is 15.2. The molecular weight excluding hydrogens is 352 g/mol.